The minimum atomic E-state index is -3.06. The van der Waals surface area contributed by atoms with E-state index >= 15 is 0 Å². The minimum absolute atomic E-state index is 0.336. The zero-order valence-corrected chi connectivity index (χ0v) is 13.2. The topological polar surface area (TPSA) is 38.3 Å². The Kier molecular flexibility index (Phi) is 4.69. The summed E-state index contributed by atoms with van der Waals surface area (Å²) in [7, 11) is -3.06. The fraction of sp³-hybridized carbons (Fsp3) is 0.250. The van der Waals surface area contributed by atoms with E-state index in [1.807, 2.05) is 12.1 Å². The molecule has 0 radical (unpaired) electrons. The average Bonchev–Trinajstić information content (AvgIpc) is 2.41. The van der Waals surface area contributed by atoms with Crippen LogP contribution in [0.2, 0.25) is 0 Å². The summed E-state index contributed by atoms with van der Waals surface area (Å²) < 4.78 is 30.8. The lowest BCUT2D eigenvalue weighted by Gasteiger charge is -2.18. The zero-order chi connectivity index (χ0) is 15.5. The van der Waals surface area contributed by atoms with Crippen LogP contribution < -0.4 is 9.61 Å². The van der Waals surface area contributed by atoms with Gasteiger partial charge in [-0.05, 0) is 47.9 Å². The number of hydrogen-bond acceptors (Lipinski definition) is 2. The van der Waals surface area contributed by atoms with E-state index in [2.05, 4.69) is 18.9 Å². The van der Waals surface area contributed by atoms with Crippen LogP contribution in [0.5, 0.6) is 5.75 Å². The fourth-order valence-electron chi connectivity index (χ4n) is 1.90. The van der Waals surface area contributed by atoms with Gasteiger partial charge in [0.2, 0.25) is 0 Å². The molecule has 0 saturated carbocycles. The van der Waals surface area contributed by atoms with Crippen molar-refractivity contribution >= 4 is 13.2 Å². The molecule has 0 aromatic heterocycles. The van der Waals surface area contributed by atoms with Crippen molar-refractivity contribution in [2.45, 2.75) is 19.8 Å². The summed E-state index contributed by atoms with van der Waals surface area (Å²) >= 11 is 0. The van der Waals surface area contributed by atoms with E-state index in [-0.39, 0.29) is 5.82 Å². The molecule has 2 aromatic carbocycles. The van der Waals surface area contributed by atoms with Gasteiger partial charge in [-0.15, -0.1) is 0 Å². The van der Waals surface area contributed by atoms with Gasteiger partial charge in [0.1, 0.15) is 11.6 Å². The number of nitrogens with one attached hydrogen (secondary N) is 1. The molecule has 3 nitrogen and oxygen atoms in total. The maximum absolute atomic E-state index is 12.8. The van der Waals surface area contributed by atoms with Crippen molar-refractivity contribution in [2.24, 2.45) is 0 Å². The molecular weight excluding hydrogens is 288 g/mol. The number of benzene rings is 2. The van der Waals surface area contributed by atoms with Gasteiger partial charge in [-0.1, -0.05) is 26.0 Å². The van der Waals surface area contributed by atoms with E-state index in [4.69, 9.17) is 4.52 Å². The molecule has 0 bridgehead atoms. The molecule has 21 heavy (non-hydrogen) atoms. The second-order valence-corrected chi connectivity index (χ2v) is 7.38. The van der Waals surface area contributed by atoms with Crippen LogP contribution in [0.3, 0.4) is 0 Å². The van der Waals surface area contributed by atoms with Crippen LogP contribution in [0.1, 0.15) is 25.3 Å². The summed E-state index contributed by atoms with van der Waals surface area (Å²) in [5.74, 6) is 0.640. The molecule has 2 aromatic rings. The van der Waals surface area contributed by atoms with Gasteiger partial charge >= 0.3 is 7.52 Å². The zero-order valence-electron chi connectivity index (χ0n) is 12.3. The molecule has 1 atom stereocenters. The smallest absolute Gasteiger partial charge is 0.338 e. The van der Waals surface area contributed by atoms with E-state index in [0.29, 0.717) is 17.4 Å². The number of hydrogen-bond donors (Lipinski definition) is 1. The Morgan fingerprint density at radius 2 is 1.62 bits per heavy atom. The summed E-state index contributed by atoms with van der Waals surface area (Å²) in [6.45, 7) is 5.71. The van der Waals surface area contributed by atoms with Crippen molar-refractivity contribution in [1.82, 2.24) is 0 Å². The number of halogens is 1. The highest BCUT2D eigenvalue weighted by molar-refractivity contribution is 7.60. The monoisotopic (exact) mass is 307 g/mol. The first-order chi connectivity index (χ1) is 9.85. The normalized spacial score (nSPS) is 13.8. The molecule has 0 heterocycles. The lowest BCUT2D eigenvalue weighted by Crippen LogP contribution is -2.02. The van der Waals surface area contributed by atoms with Gasteiger partial charge in [0.15, 0.2) is 0 Å². The van der Waals surface area contributed by atoms with Gasteiger partial charge in [0.05, 0.1) is 0 Å². The number of rotatable bonds is 5. The van der Waals surface area contributed by atoms with Gasteiger partial charge in [-0.3, -0.25) is 4.57 Å². The van der Waals surface area contributed by atoms with E-state index in [1.54, 1.807) is 12.1 Å². The molecule has 0 saturated heterocycles. The molecule has 0 aliphatic carbocycles. The van der Waals surface area contributed by atoms with Crippen LogP contribution in [-0.2, 0) is 4.57 Å². The standard InChI is InChI=1S/C16H19FNO2P/c1-12(2)13-4-10-16(11-5-13)20-21(3,19)18-15-8-6-14(17)7-9-15/h4-12H,1-3H3,(H,18,19)/t21-/m0/s1. The highest BCUT2D eigenvalue weighted by Gasteiger charge is 2.17. The second-order valence-electron chi connectivity index (χ2n) is 5.28. The van der Waals surface area contributed by atoms with Crippen molar-refractivity contribution in [3.05, 3.63) is 59.9 Å². The molecule has 0 aliphatic heterocycles. The first kappa shape index (κ1) is 15.6. The van der Waals surface area contributed by atoms with Crippen molar-refractivity contribution in [1.29, 1.82) is 0 Å². The minimum Gasteiger partial charge on any atom is -0.429 e. The SMILES string of the molecule is CC(C)c1ccc(O[P@](C)(=O)Nc2ccc(F)cc2)cc1. The molecule has 0 fully saturated rings. The van der Waals surface area contributed by atoms with Crippen LogP contribution >= 0.6 is 7.52 Å². The molecule has 0 spiro atoms. The molecule has 2 rings (SSSR count). The summed E-state index contributed by atoms with van der Waals surface area (Å²) in [6, 6.07) is 13.2. The van der Waals surface area contributed by atoms with Gasteiger partial charge in [-0.25, -0.2) is 4.39 Å². The summed E-state index contributed by atoms with van der Waals surface area (Å²) in [6.07, 6.45) is 0. The third-order valence-electron chi connectivity index (χ3n) is 3.00. The van der Waals surface area contributed by atoms with Crippen LogP contribution in [-0.4, -0.2) is 6.66 Å². The molecule has 0 amide bonds. The lowest BCUT2D eigenvalue weighted by atomic mass is 10.0. The summed E-state index contributed by atoms with van der Waals surface area (Å²) in [4.78, 5) is 0. The van der Waals surface area contributed by atoms with E-state index < -0.39 is 7.52 Å². The number of anilines is 1. The Morgan fingerprint density at radius 1 is 1.05 bits per heavy atom. The van der Waals surface area contributed by atoms with Gasteiger partial charge in [-0.2, -0.15) is 0 Å². The summed E-state index contributed by atoms with van der Waals surface area (Å²) in [5.41, 5.74) is 1.75. The highest BCUT2D eigenvalue weighted by atomic mass is 31.2. The second kappa shape index (κ2) is 6.31. The quantitative estimate of drug-likeness (QED) is 0.765. The average molecular weight is 307 g/mol. The van der Waals surface area contributed by atoms with Crippen molar-refractivity contribution in [3.8, 4) is 5.75 Å². The van der Waals surface area contributed by atoms with Crippen LogP contribution in [0, 0.1) is 5.82 Å². The molecule has 5 heteroatoms. The van der Waals surface area contributed by atoms with Crippen molar-refractivity contribution < 1.29 is 13.5 Å². The fourth-order valence-corrected chi connectivity index (χ4v) is 3.08. The maximum atomic E-state index is 12.8. The van der Waals surface area contributed by atoms with E-state index in [9.17, 15) is 8.96 Å². The molecule has 0 aliphatic rings. The Balaban J connectivity index is 2.06. The van der Waals surface area contributed by atoms with E-state index in [1.165, 1.54) is 36.5 Å². The molecule has 1 N–H and O–H groups in total. The van der Waals surface area contributed by atoms with Gasteiger partial charge in [0, 0.05) is 12.4 Å². The van der Waals surface area contributed by atoms with Crippen molar-refractivity contribution in [3.63, 3.8) is 0 Å². The predicted octanol–water partition coefficient (Wildman–Crippen LogP) is 5.26. The highest BCUT2D eigenvalue weighted by Crippen LogP contribution is 2.43. The first-order valence-corrected chi connectivity index (χ1v) is 8.84. The Bertz CT molecular complexity index is 638. The van der Waals surface area contributed by atoms with Crippen molar-refractivity contribution in [2.75, 3.05) is 11.8 Å². The van der Waals surface area contributed by atoms with Crippen LogP contribution in [0.25, 0.3) is 0 Å². The third kappa shape index (κ3) is 4.61. The molecule has 112 valence electrons. The molecule has 0 unspecified atom stereocenters. The Labute approximate surface area is 124 Å². The predicted molar refractivity (Wildman–Crippen MR) is 84.7 cm³/mol. The van der Waals surface area contributed by atoms with Crippen LogP contribution in [0.15, 0.2) is 48.5 Å². The Morgan fingerprint density at radius 3 is 2.14 bits per heavy atom. The van der Waals surface area contributed by atoms with E-state index in [0.717, 1.165) is 0 Å². The molecular formula is C16H19FNO2P. The van der Waals surface area contributed by atoms with Gasteiger partial charge in [0.25, 0.3) is 0 Å². The maximum Gasteiger partial charge on any atom is 0.338 e. The third-order valence-corrected chi connectivity index (χ3v) is 4.23. The lowest BCUT2D eigenvalue weighted by molar-refractivity contribution is 0.493. The van der Waals surface area contributed by atoms with Gasteiger partial charge < -0.3 is 9.61 Å². The first-order valence-electron chi connectivity index (χ1n) is 6.77. The summed E-state index contributed by atoms with van der Waals surface area (Å²) in [5, 5.41) is 2.80. The largest absolute Gasteiger partial charge is 0.429 e. The van der Waals surface area contributed by atoms with Crippen LogP contribution in [0.4, 0.5) is 10.1 Å². The Hall–Kier alpha value is -1.80.